The van der Waals surface area contributed by atoms with Crippen molar-refractivity contribution in [1.82, 2.24) is 0 Å². The molecule has 0 aromatic heterocycles. The number of hydrogen-bond donors (Lipinski definition) is 0. The van der Waals surface area contributed by atoms with Gasteiger partial charge in [-0.15, -0.1) is 0 Å². The maximum absolute atomic E-state index is 2.40. The van der Waals surface area contributed by atoms with Crippen molar-refractivity contribution in [2.24, 2.45) is 11.3 Å². The van der Waals surface area contributed by atoms with Crippen LogP contribution < -0.4 is 0 Å². The van der Waals surface area contributed by atoms with Gasteiger partial charge in [-0.1, -0.05) is 47.5 Å². The van der Waals surface area contributed by atoms with Crippen LogP contribution in [0.15, 0.2) is 0 Å². The van der Waals surface area contributed by atoms with Crippen LogP contribution in [0.4, 0.5) is 0 Å². The van der Waals surface area contributed by atoms with Crippen molar-refractivity contribution in [3.05, 3.63) is 0 Å². The highest BCUT2D eigenvalue weighted by Gasteiger charge is 2.44. The summed E-state index contributed by atoms with van der Waals surface area (Å²) < 4.78 is 0. The van der Waals surface area contributed by atoms with Crippen molar-refractivity contribution in [3.63, 3.8) is 0 Å². The second-order valence-corrected chi connectivity index (χ2v) is 3.53. The molecule has 68 valence electrons. The topological polar surface area (TPSA) is 0 Å². The van der Waals surface area contributed by atoms with Gasteiger partial charge < -0.3 is 0 Å². The Kier molecular flexibility index (Phi) is 4.79. The molecule has 1 aliphatic carbocycles. The van der Waals surface area contributed by atoms with E-state index in [9.17, 15) is 0 Å². The fourth-order valence-corrected chi connectivity index (χ4v) is 1.79. The largest absolute Gasteiger partial charge is 0.0683 e. The molecule has 0 radical (unpaired) electrons. The molecule has 0 heterocycles. The first kappa shape index (κ1) is 11.0. The average Bonchev–Trinajstić information content (AvgIpc) is 2.87. The summed E-state index contributed by atoms with van der Waals surface area (Å²) in [6.45, 7) is 11.0. The lowest BCUT2D eigenvalue weighted by molar-refractivity contribution is 0.313. The number of rotatable bonds is 3. The second-order valence-electron chi connectivity index (χ2n) is 3.53. The van der Waals surface area contributed by atoms with E-state index >= 15 is 0 Å². The Morgan fingerprint density at radius 2 is 1.64 bits per heavy atom. The zero-order valence-electron chi connectivity index (χ0n) is 8.91. The Morgan fingerprint density at radius 3 is 1.73 bits per heavy atom. The molecule has 11 heavy (non-hydrogen) atoms. The smallest absolute Gasteiger partial charge is 0.0274 e. The summed E-state index contributed by atoms with van der Waals surface area (Å²) in [5.74, 6) is 0.975. The zero-order chi connectivity index (χ0) is 8.91. The highest BCUT2D eigenvalue weighted by atomic mass is 14.5. The molecule has 1 atom stereocenters. The highest BCUT2D eigenvalue weighted by Crippen LogP contribution is 2.55. The summed E-state index contributed by atoms with van der Waals surface area (Å²) in [7, 11) is 0. The third-order valence-corrected chi connectivity index (χ3v) is 3.25. The first-order chi connectivity index (χ1) is 5.25. The minimum absolute atomic E-state index is 0.800. The van der Waals surface area contributed by atoms with Crippen LogP contribution in [0.5, 0.6) is 0 Å². The normalized spacial score (nSPS) is 21.5. The summed E-state index contributed by atoms with van der Waals surface area (Å²) in [5, 5.41) is 0. The van der Waals surface area contributed by atoms with Crippen molar-refractivity contribution in [1.29, 1.82) is 0 Å². The fourth-order valence-electron chi connectivity index (χ4n) is 1.79. The van der Waals surface area contributed by atoms with Crippen LogP contribution in [0.3, 0.4) is 0 Å². The van der Waals surface area contributed by atoms with E-state index in [4.69, 9.17) is 0 Å². The van der Waals surface area contributed by atoms with Crippen molar-refractivity contribution in [3.8, 4) is 0 Å². The van der Waals surface area contributed by atoms with Crippen molar-refractivity contribution in [2.75, 3.05) is 0 Å². The van der Waals surface area contributed by atoms with Gasteiger partial charge in [0.1, 0.15) is 0 Å². The van der Waals surface area contributed by atoms with Gasteiger partial charge in [0.05, 0.1) is 0 Å². The Balaban J connectivity index is 0.000000461. The van der Waals surface area contributed by atoms with E-state index in [1.807, 2.05) is 13.8 Å². The summed E-state index contributed by atoms with van der Waals surface area (Å²) in [5.41, 5.74) is 0.800. The molecule has 0 amide bonds. The average molecular weight is 156 g/mol. The lowest BCUT2D eigenvalue weighted by Gasteiger charge is -2.19. The molecule has 1 saturated carbocycles. The summed E-state index contributed by atoms with van der Waals surface area (Å²) in [4.78, 5) is 0. The van der Waals surface area contributed by atoms with Gasteiger partial charge in [0, 0.05) is 0 Å². The molecule has 0 heteroatoms. The monoisotopic (exact) mass is 156 g/mol. The van der Waals surface area contributed by atoms with E-state index in [2.05, 4.69) is 20.8 Å². The van der Waals surface area contributed by atoms with Gasteiger partial charge in [0.15, 0.2) is 0 Å². The fraction of sp³-hybridized carbons (Fsp3) is 1.00. The summed E-state index contributed by atoms with van der Waals surface area (Å²) in [6.07, 6.45) is 5.77. The molecule has 0 aromatic rings. The van der Waals surface area contributed by atoms with Crippen molar-refractivity contribution >= 4 is 0 Å². The van der Waals surface area contributed by atoms with Crippen LogP contribution in [-0.2, 0) is 0 Å². The number of hydrogen-bond acceptors (Lipinski definition) is 0. The van der Waals surface area contributed by atoms with E-state index < -0.39 is 0 Å². The van der Waals surface area contributed by atoms with Crippen LogP contribution >= 0.6 is 0 Å². The predicted molar refractivity (Wildman–Crippen MR) is 52.8 cm³/mol. The molecule has 0 aromatic carbocycles. The first-order valence-electron chi connectivity index (χ1n) is 5.25. The maximum Gasteiger partial charge on any atom is -0.0274 e. The molecule has 0 nitrogen and oxygen atoms in total. The molecule has 0 bridgehead atoms. The lowest BCUT2D eigenvalue weighted by Crippen LogP contribution is -2.09. The highest BCUT2D eigenvalue weighted by molar-refractivity contribution is 4.94. The predicted octanol–water partition coefficient (Wildman–Crippen LogP) is 4.25. The second kappa shape index (κ2) is 4.79. The molecule has 0 saturated heterocycles. The van der Waals surface area contributed by atoms with Crippen molar-refractivity contribution < 1.29 is 0 Å². The van der Waals surface area contributed by atoms with Crippen molar-refractivity contribution in [2.45, 2.75) is 60.3 Å². The van der Waals surface area contributed by atoms with Crippen LogP contribution in [-0.4, -0.2) is 0 Å². The Labute approximate surface area is 72.4 Å². The molecule has 0 aliphatic heterocycles. The molecular formula is C11H24. The standard InChI is InChI=1S/C9H18.C2H6/c1-4-8(3)9(5-2)6-7-9;1-2/h8H,4-7H2,1-3H3;1-2H3. The van der Waals surface area contributed by atoms with Crippen LogP contribution in [0, 0.1) is 11.3 Å². The molecule has 0 N–H and O–H groups in total. The van der Waals surface area contributed by atoms with Gasteiger partial charge in [0.2, 0.25) is 0 Å². The SMILES string of the molecule is CC.CCC(C)C1(CC)CC1. The quantitative estimate of drug-likeness (QED) is 0.573. The summed E-state index contributed by atoms with van der Waals surface area (Å²) >= 11 is 0. The summed E-state index contributed by atoms with van der Waals surface area (Å²) in [6, 6.07) is 0. The van der Waals surface area contributed by atoms with E-state index in [-0.39, 0.29) is 0 Å². The lowest BCUT2D eigenvalue weighted by atomic mass is 9.86. The van der Waals surface area contributed by atoms with Crippen LogP contribution in [0.2, 0.25) is 0 Å². The Hall–Kier alpha value is 0. The minimum Gasteiger partial charge on any atom is -0.0683 e. The van der Waals surface area contributed by atoms with Gasteiger partial charge in [0.25, 0.3) is 0 Å². The zero-order valence-corrected chi connectivity index (χ0v) is 8.91. The van der Waals surface area contributed by atoms with Gasteiger partial charge in [-0.05, 0) is 24.2 Å². The Bertz CT molecular complexity index is 90.2. The third-order valence-electron chi connectivity index (χ3n) is 3.25. The van der Waals surface area contributed by atoms with Gasteiger partial charge in [-0.3, -0.25) is 0 Å². The molecule has 1 rings (SSSR count). The molecule has 0 spiro atoms. The van der Waals surface area contributed by atoms with Gasteiger partial charge >= 0.3 is 0 Å². The minimum atomic E-state index is 0.800. The van der Waals surface area contributed by atoms with Gasteiger partial charge in [-0.2, -0.15) is 0 Å². The van der Waals surface area contributed by atoms with E-state index in [1.54, 1.807) is 0 Å². The van der Waals surface area contributed by atoms with Crippen LogP contribution in [0.1, 0.15) is 60.3 Å². The van der Waals surface area contributed by atoms with E-state index in [0.717, 1.165) is 11.3 Å². The molecule has 1 fully saturated rings. The molecular weight excluding hydrogens is 132 g/mol. The molecule has 1 aliphatic rings. The maximum atomic E-state index is 2.40. The van der Waals surface area contributed by atoms with E-state index in [1.165, 1.54) is 25.7 Å². The Morgan fingerprint density at radius 1 is 1.18 bits per heavy atom. The third kappa shape index (κ3) is 2.50. The molecule has 1 unspecified atom stereocenters. The van der Waals surface area contributed by atoms with E-state index in [0.29, 0.717) is 0 Å². The first-order valence-corrected chi connectivity index (χ1v) is 5.25. The van der Waals surface area contributed by atoms with Gasteiger partial charge in [-0.25, -0.2) is 0 Å². The van der Waals surface area contributed by atoms with Crippen LogP contribution in [0.25, 0.3) is 0 Å².